The highest BCUT2D eigenvalue weighted by Gasteiger charge is 2.59. The Morgan fingerprint density at radius 3 is 2.36 bits per heavy atom. The van der Waals surface area contributed by atoms with Crippen molar-refractivity contribution in [1.29, 1.82) is 0 Å². The molecule has 0 aromatic rings. The van der Waals surface area contributed by atoms with Crippen molar-refractivity contribution in [1.82, 2.24) is 5.32 Å². The molecule has 8 atom stereocenters. The first-order chi connectivity index (χ1) is 10.5. The van der Waals surface area contributed by atoms with Crippen LogP contribution in [0.2, 0.25) is 0 Å². The highest BCUT2D eigenvalue weighted by molar-refractivity contribution is 5.10. The molecule has 126 valence electrons. The van der Waals surface area contributed by atoms with Gasteiger partial charge in [-0.15, -0.1) is 0 Å². The van der Waals surface area contributed by atoms with Gasteiger partial charge < -0.3 is 10.4 Å². The fraction of sp³-hybridized carbons (Fsp3) is 1.00. The van der Waals surface area contributed by atoms with E-state index in [0.717, 1.165) is 42.6 Å². The maximum atomic E-state index is 10.1. The second kappa shape index (κ2) is 5.21. The molecule has 0 amide bonds. The van der Waals surface area contributed by atoms with E-state index < -0.39 is 0 Å². The van der Waals surface area contributed by atoms with Gasteiger partial charge >= 0.3 is 0 Å². The predicted octanol–water partition coefficient (Wildman–Crippen LogP) is 3.98. The topological polar surface area (TPSA) is 32.3 Å². The van der Waals surface area contributed by atoms with Gasteiger partial charge in [0.25, 0.3) is 0 Å². The molecule has 0 aliphatic heterocycles. The van der Waals surface area contributed by atoms with Crippen LogP contribution in [0.3, 0.4) is 0 Å². The third kappa shape index (κ3) is 1.99. The number of fused-ring (bicyclic) bond motifs is 5. The average molecular weight is 306 g/mol. The van der Waals surface area contributed by atoms with Crippen LogP contribution in [0, 0.1) is 34.5 Å². The zero-order chi connectivity index (χ0) is 15.5. The number of aliphatic hydroxyl groups excluding tert-OH is 1. The molecule has 4 aliphatic rings. The number of nitrogens with one attached hydrogen (secondary N) is 1. The van der Waals surface area contributed by atoms with Crippen molar-refractivity contribution in [3.05, 3.63) is 0 Å². The Balaban J connectivity index is 1.61. The van der Waals surface area contributed by atoms with Gasteiger partial charge in [-0.05, 0) is 99.3 Å². The molecule has 2 heteroatoms. The summed E-state index contributed by atoms with van der Waals surface area (Å²) in [5.41, 5.74) is 1.08. The summed E-state index contributed by atoms with van der Waals surface area (Å²) in [6.45, 7) is 5.18. The fourth-order valence-electron chi connectivity index (χ4n) is 7.71. The molecule has 0 spiro atoms. The fourth-order valence-corrected chi connectivity index (χ4v) is 7.71. The summed E-state index contributed by atoms with van der Waals surface area (Å²) in [6.07, 6.45) is 11.9. The second-order valence-electron chi connectivity index (χ2n) is 9.55. The van der Waals surface area contributed by atoms with Gasteiger partial charge in [0.15, 0.2) is 0 Å². The molecule has 0 radical (unpaired) electrons. The monoisotopic (exact) mass is 305 g/mol. The van der Waals surface area contributed by atoms with E-state index in [-0.39, 0.29) is 6.10 Å². The van der Waals surface area contributed by atoms with Gasteiger partial charge in [0, 0.05) is 6.04 Å². The van der Waals surface area contributed by atoms with E-state index in [9.17, 15) is 5.11 Å². The predicted molar refractivity (Wildman–Crippen MR) is 90.6 cm³/mol. The van der Waals surface area contributed by atoms with Gasteiger partial charge in [-0.3, -0.25) is 0 Å². The van der Waals surface area contributed by atoms with Gasteiger partial charge in [-0.25, -0.2) is 0 Å². The molecule has 0 heterocycles. The first kappa shape index (κ1) is 15.4. The Morgan fingerprint density at radius 1 is 0.864 bits per heavy atom. The first-order valence-corrected chi connectivity index (χ1v) is 9.84. The van der Waals surface area contributed by atoms with Crippen molar-refractivity contribution in [3.63, 3.8) is 0 Å². The maximum absolute atomic E-state index is 10.1. The van der Waals surface area contributed by atoms with Crippen molar-refractivity contribution >= 4 is 0 Å². The van der Waals surface area contributed by atoms with Crippen LogP contribution in [-0.2, 0) is 0 Å². The zero-order valence-electron chi connectivity index (χ0n) is 14.8. The molecule has 4 fully saturated rings. The summed E-state index contributed by atoms with van der Waals surface area (Å²) in [6, 6.07) is 0.747. The molecule has 0 saturated heterocycles. The van der Waals surface area contributed by atoms with Gasteiger partial charge in [-0.2, -0.15) is 0 Å². The van der Waals surface area contributed by atoms with Crippen LogP contribution in [0.25, 0.3) is 0 Å². The quantitative estimate of drug-likeness (QED) is 0.768. The lowest BCUT2D eigenvalue weighted by Crippen LogP contribution is -2.55. The number of rotatable bonds is 1. The van der Waals surface area contributed by atoms with Crippen LogP contribution in [0.4, 0.5) is 0 Å². The molecule has 0 bridgehead atoms. The number of hydrogen-bond acceptors (Lipinski definition) is 2. The summed E-state index contributed by atoms with van der Waals surface area (Å²) >= 11 is 0. The summed E-state index contributed by atoms with van der Waals surface area (Å²) < 4.78 is 0. The van der Waals surface area contributed by atoms with Crippen molar-refractivity contribution in [2.24, 2.45) is 34.5 Å². The van der Waals surface area contributed by atoms with E-state index >= 15 is 0 Å². The molecular weight excluding hydrogens is 270 g/mol. The van der Waals surface area contributed by atoms with Gasteiger partial charge in [-0.1, -0.05) is 13.8 Å². The zero-order valence-corrected chi connectivity index (χ0v) is 14.8. The lowest BCUT2D eigenvalue weighted by atomic mass is 9.45. The lowest BCUT2D eigenvalue weighted by molar-refractivity contribution is -0.123. The highest BCUT2D eigenvalue weighted by Crippen LogP contribution is 2.66. The molecule has 4 aliphatic carbocycles. The molecule has 22 heavy (non-hydrogen) atoms. The average Bonchev–Trinajstić information content (AvgIpc) is 2.84. The van der Waals surface area contributed by atoms with Crippen molar-refractivity contribution in [3.8, 4) is 0 Å². The smallest absolute Gasteiger partial charge is 0.0543 e. The number of aliphatic hydroxyl groups is 1. The molecule has 2 N–H and O–H groups in total. The lowest BCUT2D eigenvalue weighted by Gasteiger charge is -2.61. The van der Waals surface area contributed by atoms with Gasteiger partial charge in [0.2, 0.25) is 0 Å². The summed E-state index contributed by atoms with van der Waals surface area (Å²) in [4.78, 5) is 0. The summed E-state index contributed by atoms with van der Waals surface area (Å²) in [5, 5.41) is 13.7. The Labute approximate surface area is 136 Å². The van der Waals surface area contributed by atoms with E-state index in [0.29, 0.717) is 10.8 Å². The molecule has 0 aromatic heterocycles. The van der Waals surface area contributed by atoms with Crippen LogP contribution >= 0.6 is 0 Å². The van der Waals surface area contributed by atoms with Crippen LogP contribution in [0.15, 0.2) is 0 Å². The van der Waals surface area contributed by atoms with Crippen molar-refractivity contribution in [2.75, 3.05) is 7.05 Å². The maximum Gasteiger partial charge on any atom is 0.0543 e. The van der Waals surface area contributed by atoms with Crippen LogP contribution in [-0.4, -0.2) is 24.3 Å². The molecule has 0 aromatic carbocycles. The van der Waals surface area contributed by atoms with Crippen LogP contribution in [0.5, 0.6) is 0 Å². The van der Waals surface area contributed by atoms with Crippen molar-refractivity contribution < 1.29 is 5.11 Å². The largest absolute Gasteiger partial charge is 0.393 e. The SMILES string of the molecule is CN[C@@H]1CC[C@@H]2[C@@H]3CC[C@H]4C[C@H](O)CC[C@]4(C)[C@@H]3CC[C@@]21C. The van der Waals surface area contributed by atoms with E-state index in [4.69, 9.17) is 0 Å². The minimum atomic E-state index is -0.0105. The molecule has 0 unspecified atom stereocenters. The Hall–Kier alpha value is -0.0800. The van der Waals surface area contributed by atoms with E-state index in [1.807, 2.05) is 0 Å². The first-order valence-electron chi connectivity index (χ1n) is 9.84. The minimum absolute atomic E-state index is 0.0105. The molecular formula is C20H35NO. The minimum Gasteiger partial charge on any atom is -0.393 e. The standard InChI is InChI=1S/C20H35NO/c1-19-10-8-14(22)12-13(19)4-5-15-16-6-7-18(21-3)20(16,2)11-9-17(15)19/h13-18,21-22H,4-12H2,1-3H3/t13-,14+,15-,16+,17+,18+,19-,20-/m0/s1. The van der Waals surface area contributed by atoms with E-state index in [2.05, 4.69) is 26.2 Å². The normalized spacial score (nSPS) is 57.8. The molecule has 2 nitrogen and oxygen atoms in total. The van der Waals surface area contributed by atoms with Gasteiger partial charge in [0.1, 0.15) is 0 Å². The van der Waals surface area contributed by atoms with E-state index in [1.165, 1.54) is 44.9 Å². The van der Waals surface area contributed by atoms with Crippen LogP contribution in [0.1, 0.15) is 71.6 Å². The Morgan fingerprint density at radius 2 is 1.59 bits per heavy atom. The summed E-state index contributed by atoms with van der Waals surface area (Å²) in [7, 11) is 2.17. The highest BCUT2D eigenvalue weighted by atomic mass is 16.3. The van der Waals surface area contributed by atoms with Gasteiger partial charge in [0.05, 0.1) is 6.10 Å². The summed E-state index contributed by atoms with van der Waals surface area (Å²) in [5.74, 6) is 3.65. The third-order valence-electron chi connectivity index (χ3n) is 8.99. The second-order valence-corrected chi connectivity index (χ2v) is 9.55. The van der Waals surface area contributed by atoms with Crippen LogP contribution < -0.4 is 5.32 Å². The third-order valence-corrected chi connectivity index (χ3v) is 8.99. The molecule has 4 rings (SSSR count). The number of hydrogen-bond donors (Lipinski definition) is 2. The van der Waals surface area contributed by atoms with Crippen molar-refractivity contribution in [2.45, 2.75) is 83.8 Å². The Bertz CT molecular complexity index is 437. The Kier molecular flexibility index (Phi) is 3.66. The van der Waals surface area contributed by atoms with E-state index in [1.54, 1.807) is 0 Å². The molecule has 4 saturated carbocycles.